The van der Waals surface area contributed by atoms with E-state index in [2.05, 4.69) is 21.7 Å². The lowest BCUT2D eigenvalue weighted by Crippen LogP contribution is -2.11. The second-order valence-corrected chi connectivity index (χ2v) is 6.89. The van der Waals surface area contributed by atoms with Crippen molar-refractivity contribution in [3.8, 4) is 5.75 Å². The molecule has 2 aromatic carbocycles. The fourth-order valence-corrected chi connectivity index (χ4v) is 3.81. The first-order valence-corrected chi connectivity index (χ1v) is 9.56. The topological polar surface area (TPSA) is 39.9 Å². The van der Waals surface area contributed by atoms with Crippen molar-refractivity contribution in [1.82, 2.24) is 14.8 Å². The Kier molecular flexibility index (Phi) is 6.00. The highest BCUT2D eigenvalue weighted by Crippen LogP contribution is 2.28. The zero-order valence-corrected chi connectivity index (χ0v) is 15.8. The third kappa shape index (κ3) is 4.35. The van der Waals surface area contributed by atoms with Crippen LogP contribution in [0.15, 0.2) is 59.8 Å². The van der Waals surface area contributed by atoms with Crippen molar-refractivity contribution in [2.45, 2.75) is 37.4 Å². The van der Waals surface area contributed by atoms with E-state index in [1.807, 2.05) is 61.5 Å². The molecule has 130 valence electrons. The monoisotopic (exact) mass is 373 g/mol. The highest BCUT2D eigenvalue weighted by atomic mass is 35.5. The molecule has 0 N–H and O–H groups in total. The minimum Gasteiger partial charge on any atom is -0.483 e. The Labute approximate surface area is 157 Å². The number of nitrogens with zero attached hydrogens (tertiary/aromatic N) is 3. The van der Waals surface area contributed by atoms with E-state index in [1.165, 1.54) is 0 Å². The lowest BCUT2D eigenvalue weighted by molar-refractivity contribution is 0.210. The molecular weight excluding hydrogens is 354 g/mol. The standard InChI is InChI=1S/C19H20ClN3OS/c1-3-23-18(14(2)24-16-10-5-4-6-11-16)21-22-19(23)25-13-15-9-7-8-12-17(15)20/h4-12,14H,3,13H2,1-2H3/t14-/m1/s1. The Morgan fingerprint density at radius 1 is 1.08 bits per heavy atom. The summed E-state index contributed by atoms with van der Waals surface area (Å²) >= 11 is 7.87. The third-order valence-electron chi connectivity index (χ3n) is 3.80. The first-order valence-electron chi connectivity index (χ1n) is 8.20. The molecule has 0 saturated carbocycles. The maximum Gasteiger partial charge on any atom is 0.191 e. The first kappa shape index (κ1) is 17.8. The molecule has 0 aliphatic rings. The Bertz CT molecular complexity index is 823. The van der Waals surface area contributed by atoms with Crippen LogP contribution < -0.4 is 4.74 Å². The Balaban J connectivity index is 1.73. The SMILES string of the molecule is CCn1c(SCc2ccccc2Cl)nnc1[C@@H](C)Oc1ccccc1. The van der Waals surface area contributed by atoms with Gasteiger partial charge in [0, 0.05) is 17.3 Å². The van der Waals surface area contributed by atoms with Gasteiger partial charge in [-0.3, -0.25) is 0 Å². The number of benzene rings is 2. The molecule has 0 unspecified atom stereocenters. The van der Waals surface area contributed by atoms with E-state index in [0.29, 0.717) is 0 Å². The molecule has 4 nitrogen and oxygen atoms in total. The second-order valence-electron chi connectivity index (χ2n) is 5.54. The van der Waals surface area contributed by atoms with Crippen molar-refractivity contribution in [3.05, 3.63) is 71.0 Å². The normalized spacial score (nSPS) is 12.1. The average molecular weight is 374 g/mol. The predicted molar refractivity (Wildman–Crippen MR) is 102 cm³/mol. The van der Waals surface area contributed by atoms with Gasteiger partial charge in [0.05, 0.1) is 0 Å². The van der Waals surface area contributed by atoms with E-state index < -0.39 is 0 Å². The maximum absolute atomic E-state index is 6.23. The summed E-state index contributed by atoms with van der Waals surface area (Å²) < 4.78 is 8.08. The highest BCUT2D eigenvalue weighted by Gasteiger charge is 2.19. The molecule has 1 atom stereocenters. The van der Waals surface area contributed by atoms with Crippen molar-refractivity contribution in [3.63, 3.8) is 0 Å². The third-order valence-corrected chi connectivity index (χ3v) is 5.18. The largest absolute Gasteiger partial charge is 0.483 e. The zero-order valence-electron chi connectivity index (χ0n) is 14.2. The van der Waals surface area contributed by atoms with Crippen LogP contribution in [0.2, 0.25) is 5.02 Å². The summed E-state index contributed by atoms with van der Waals surface area (Å²) in [4.78, 5) is 0. The van der Waals surface area contributed by atoms with Crippen molar-refractivity contribution >= 4 is 23.4 Å². The van der Waals surface area contributed by atoms with Crippen LogP contribution in [0.1, 0.15) is 31.3 Å². The average Bonchev–Trinajstić information content (AvgIpc) is 3.05. The van der Waals surface area contributed by atoms with Crippen molar-refractivity contribution in [2.75, 3.05) is 0 Å². The van der Waals surface area contributed by atoms with Gasteiger partial charge >= 0.3 is 0 Å². The number of hydrogen-bond acceptors (Lipinski definition) is 4. The van der Waals surface area contributed by atoms with E-state index in [0.717, 1.165) is 39.6 Å². The molecule has 0 bridgehead atoms. The number of para-hydroxylation sites is 1. The molecule has 0 aliphatic carbocycles. The van der Waals surface area contributed by atoms with Crippen LogP contribution >= 0.6 is 23.4 Å². The van der Waals surface area contributed by atoms with E-state index in [9.17, 15) is 0 Å². The van der Waals surface area contributed by atoms with E-state index in [1.54, 1.807) is 11.8 Å². The summed E-state index contributed by atoms with van der Waals surface area (Å²) in [5.41, 5.74) is 1.09. The molecule has 1 aromatic heterocycles. The molecule has 3 aromatic rings. The first-order chi connectivity index (χ1) is 12.2. The molecule has 0 fully saturated rings. The molecule has 0 saturated heterocycles. The zero-order chi connectivity index (χ0) is 17.6. The molecule has 1 heterocycles. The predicted octanol–water partition coefficient (Wildman–Crippen LogP) is 5.38. The highest BCUT2D eigenvalue weighted by molar-refractivity contribution is 7.98. The van der Waals surface area contributed by atoms with Crippen LogP contribution in [0.5, 0.6) is 5.75 Å². The van der Waals surface area contributed by atoms with Gasteiger partial charge in [-0.15, -0.1) is 10.2 Å². The number of halogens is 1. The van der Waals surface area contributed by atoms with Crippen LogP contribution in [0.4, 0.5) is 0 Å². The molecule has 3 rings (SSSR count). The number of aromatic nitrogens is 3. The van der Waals surface area contributed by atoms with Gasteiger partial charge in [-0.1, -0.05) is 59.8 Å². The molecule has 0 radical (unpaired) electrons. The fraction of sp³-hybridized carbons (Fsp3) is 0.263. The van der Waals surface area contributed by atoms with Crippen LogP contribution in [-0.4, -0.2) is 14.8 Å². The number of rotatable bonds is 7. The van der Waals surface area contributed by atoms with E-state index in [-0.39, 0.29) is 6.10 Å². The maximum atomic E-state index is 6.23. The van der Waals surface area contributed by atoms with Gasteiger partial charge in [-0.2, -0.15) is 0 Å². The Morgan fingerprint density at radius 3 is 2.52 bits per heavy atom. The quantitative estimate of drug-likeness (QED) is 0.521. The minimum atomic E-state index is -0.176. The molecule has 0 spiro atoms. The summed E-state index contributed by atoms with van der Waals surface area (Å²) in [6.07, 6.45) is -0.176. The minimum absolute atomic E-state index is 0.176. The summed E-state index contributed by atoms with van der Waals surface area (Å²) in [5.74, 6) is 2.41. The summed E-state index contributed by atoms with van der Waals surface area (Å²) in [7, 11) is 0. The Morgan fingerprint density at radius 2 is 1.80 bits per heavy atom. The lowest BCUT2D eigenvalue weighted by Gasteiger charge is -2.15. The molecule has 0 aliphatic heterocycles. The molecule has 6 heteroatoms. The van der Waals surface area contributed by atoms with Gasteiger partial charge in [0.2, 0.25) is 0 Å². The van der Waals surface area contributed by atoms with Gasteiger partial charge < -0.3 is 9.30 Å². The van der Waals surface area contributed by atoms with Crippen molar-refractivity contribution < 1.29 is 4.74 Å². The van der Waals surface area contributed by atoms with Gasteiger partial charge in [0.15, 0.2) is 17.1 Å². The molecule has 25 heavy (non-hydrogen) atoms. The summed E-state index contributed by atoms with van der Waals surface area (Å²) in [6, 6.07) is 17.6. The number of ether oxygens (including phenoxy) is 1. The smallest absolute Gasteiger partial charge is 0.191 e. The fourth-order valence-electron chi connectivity index (χ4n) is 2.52. The Hall–Kier alpha value is -1.98. The van der Waals surface area contributed by atoms with Gasteiger partial charge in [0.1, 0.15) is 5.75 Å². The second kappa shape index (κ2) is 8.41. The van der Waals surface area contributed by atoms with Gasteiger partial charge in [-0.05, 0) is 37.6 Å². The molecule has 0 amide bonds. The van der Waals surface area contributed by atoms with E-state index >= 15 is 0 Å². The van der Waals surface area contributed by atoms with Gasteiger partial charge in [-0.25, -0.2) is 0 Å². The molecular formula is C19H20ClN3OS. The van der Waals surface area contributed by atoms with Crippen LogP contribution in [0.3, 0.4) is 0 Å². The number of thioether (sulfide) groups is 1. The summed E-state index contributed by atoms with van der Waals surface area (Å²) in [6.45, 7) is 4.86. The van der Waals surface area contributed by atoms with Crippen molar-refractivity contribution in [1.29, 1.82) is 0 Å². The van der Waals surface area contributed by atoms with Crippen LogP contribution in [0, 0.1) is 0 Å². The number of hydrogen-bond donors (Lipinski definition) is 0. The van der Waals surface area contributed by atoms with E-state index in [4.69, 9.17) is 16.3 Å². The van der Waals surface area contributed by atoms with Crippen LogP contribution in [-0.2, 0) is 12.3 Å². The summed E-state index contributed by atoms with van der Waals surface area (Å²) in [5, 5.41) is 10.4. The van der Waals surface area contributed by atoms with Crippen molar-refractivity contribution in [2.24, 2.45) is 0 Å². The van der Waals surface area contributed by atoms with Crippen LogP contribution in [0.25, 0.3) is 0 Å². The lowest BCUT2D eigenvalue weighted by atomic mass is 10.2. The van der Waals surface area contributed by atoms with Gasteiger partial charge in [0.25, 0.3) is 0 Å².